The van der Waals surface area contributed by atoms with Crippen LogP contribution in [0.5, 0.6) is 0 Å². The van der Waals surface area contributed by atoms with Crippen molar-refractivity contribution in [2.45, 2.75) is 103 Å². The van der Waals surface area contributed by atoms with Gasteiger partial charge < -0.3 is 29.9 Å². The Kier molecular flexibility index (Phi) is 11.7. The smallest absolute Gasteiger partial charge is 0.323 e. The van der Waals surface area contributed by atoms with E-state index >= 15 is 0 Å². The summed E-state index contributed by atoms with van der Waals surface area (Å²) in [5, 5.41) is 27.4. The van der Waals surface area contributed by atoms with Crippen molar-refractivity contribution in [2.24, 2.45) is 5.92 Å². The van der Waals surface area contributed by atoms with Crippen LogP contribution in [0, 0.1) is 5.92 Å². The quantitative estimate of drug-likeness (QED) is 0.116. The lowest BCUT2D eigenvalue weighted by Gasteiger charge is -2.35. The third-order valence-electron chi connectivity index (χ3n) is 6.91. The second-order valence-electron chi connectivity index (χ2n) is 11.4. The van der Waals surface area contributed by atoms with Crippen LogP contribution in [-0.2, 0) is 35.4 Å². The number of aliphatic hydroxyl groups is 2. The molecule has 7 atom stereocenters. The first kappa shape index (κ1) is 36.0. The zero-order valence-corrected chi connectivity index (χ0v) is 26.9. The van der Waals surface area contributed by atoms with E-state index in [2.05, 4.69) is 25.1 Å². The number of nitrogen functional groups attached to an aromatic ring is 1. The Hall–Kier alpha value is -2.44. The number of carbonyl (C=O) groups is 2. The number of H-pyrrole nitrogens is 1. The Morgan fingerprint density at radius 3 is 2.45 bits per heavy atom. The molecule has 2 aromatic heterocycles. The first-order chi connectivity index (χ1) is 20.4. The number of ketones is 1. The molecule has 0 bridgehead atoms. The fraction of sp³-hybridized carbons (Fsp3) is 0.720. The number of Topliss-reactive ketones (excluding diaryl/α,β-unsaturated/α-hetero) is 1. The highest BCUT2D eigenvalue weighted by molar-refractivity contribution is 8.10. The highest BCUT2D eigenvalue weighted by Crippen LogP contribution is 2.47. The van der Waals surface area contributed by atoms with E-state index in [1.165, 1.54) is 13.8 Å². The SMILES string of the molecule is CC(C)CCC(=O)[C@H](C)NP(=S)(N[C@@H](C)C(=O)OC(C)C)OC[C@@]1(C(F)F)O[C@@H](n2cnc3c(=O)[nH]c(N)nc32)[C@@H](O)[C@@H]1O. The molecule has 1 aliphatic heterocycles. The van der Waals surface area contributed by atoms with E-state index in [4.69, 9.17) is 31.5 Å². The normalized spacial score (nSPS) is 25.1. The number of alkyl halides is 2. The molecular formula is C25H40F2N7O8PS. The average Bonchev–Trinajstić information content (AvgIpc) is 3.44. The van der Waals surface area contributed by atoms with Crippen molar-refractivity contribution >= 4 is 47.2 Å². The lowest BCUT2D eigenvalue weighted by atomic mass is 9.96. The molecule has 15 nitrogen and oxygen atoms in total. The summed E-state index contributed by atoms with van der Waals surface area (Å²) in [5.74, 6) is -0.983. The van der Waals surface area contributed by atoms with Crippen LogP contribution in [0.3, 0.4) is 0 Å². The van der Waals surface area contributed by atoms with Crippen molar-refractivity contribution in [1.29, 1.82) is 0 Å². The van der Waals surface area contributed by atoms with Crippen LogP contribution in [0.4, 0.5) is 14.7 Å². The van der Waals surface area contributed by atoms with E-state index in [0.29, 0.717) is 6.42 Å². The van der Waals surface area contributed by atoms with Gasteiger partial charge in [0.15, 0.2) is 29.6 Å². The molecule has 1 unspecified atom stereocenters. The number of rotatable bonds is 15. The first-order valence-electron chi connectivity index (χ1n) is 14.0. The average molecular weight is 668 g/mol. The minimum absolute atomic E-state index is 0.187. The van der Waals surface area contributed by atoms with Crippen LogP contribution in [0.15, 0.2) is 11.1 Å². The summed E-state index contributed by atoms with van der Waals surface area (Å²) in [6, 6.07) is -1.99. The topological polar surface area (TPSA) is 216 Å². The third-order valence-corrected chi connectivity index (χ3v) is 9.80. The van der Waals surface area contributed by atoms with Gasteiger partial charge in [-0.3, -0.25) is 23.9 Å². The molecule has 1 aliphatic rings. The molecule has 19 heteroatoms. The molecule has 0 aromatic carbocycles. The maximum atomic E-state index is 14.8. The number of nitrogens with zero attached hydrogens (tertiary/aromatic N) is 3. The molecule has 0 amide bonds. The fourth-order valence-electron chi connectivity index (χ4n) is 4.44. The number of esters is 1. The number of aliphatic hydroxyl groups excluding tert-OH is 2. The summed E-state index contributed by atoms with van der Waals surface area (Å²) < 4.78 is 47.1. The van der Waals surface area contributed by atoms with Gasteiger partial charge in [-0.05, 0) is 51.8 Å². The molecule has 1 saturated heterocycles. The molecule has 0 aliphatic carbocycles. The number of fused-ring (bicyclic) bond motifs is 1. The third kappa shape index (κ3) is 8.04. The second-order valence-corrected chi connectivity index (χ2v) is 14.8. The van der Waals surface area contributed by atoms with Gasteiger partial charge in [0, 0.05) is 6.42 Å². The van der Waals surface area contributed by atoms with Crippen LogP contribution >= 0.6 is 6.57 Å². The van der Waals surface area contributed by atoms with Gasteiger partial charge in [0.1, 0.15) is 24.0 Å². The van der Waals surface area contributed by atoms with Crippen molar-refractivity contribution in [1.82, 2.24) is 29.7 Å². The Balaban J connectivity index is 1.92. The van der Waals surface area contributed by atoms with Gasteiger partial charge >= 0.3 is 5.97 Å². The maximum Gasteiger partial charge on any atom is 0.323 e. The molecule has 0 spiro atoms. The van der Waals surface area contributed by atoms with Crippen molar-refractivity contribution in [2.75, 3.05) is 12.3 Å². The molecule has 248 valence electrons. The molecule has 44 heavy (non-hydrogen) atoms. The van der Waals surface area contributed by atoms with Gasteiger partial charge in [-0.25, -0.2) is 23.9 Å². The molecule has 1 fully saturated rings. The predicted molar refractivity (Wildman–Crippen MR) is 159 cm³/mol. The number of ether oxygens (including phenoxy) is 2. The van der Waals surface area contributed by atoms with Gasteiger partial charge in [0.05, 0.1) is 25.1 Å². The molecule has 3 rings (SSSR count). The van der Waals surface area contributed by atoms with Crippen LogP contribution in [0.2, 0.25) is 0 Å². The summed E-state index contributed by atoms with van der Waals surface area (Å²) in [6.07, 6.45) is -7.97. The number of imidazole rings is 1. The fourth-order valence-corrected chi connectivity index (χ4v) is 7.43. The number of halogens is 2. The number of aromatic amines is 1. The van der Waals surface area contributed by atoms with Gasteiger partial charge in [0.25, 0.3) is 12.0 Å². The van der Waals surface area contributed by atoms with Gasteiger partial charge in [-0.1, -0.05) is 13.8 Å². The monoisotopic (exact) mass is 667 g/mol. The van der Waals surface area contributed by atoms with Gasteiger partial charge in [0.2, 0.25) is 5.95 Å². The Morgan fingerprint density at radius 2 is 1.86 bits per heavy atom. The van der Waals surface area contributed by atoms with Crippen molar-refractivity contribution < 1.29 is 42.6 Å². The van der Waals surface area contributed by atoms with Crippen LogP contribution in [0.1, 0.15) is 60.6 Å². The molecule has 2 aromatic rings. The van der Waals surface area contributed by atoms with Crippen molar-refractivity contribution in [3.05, 3.63) is 16.7 Å². The lowest BCUT2D eigenvalue weighted by Crippen LogP contribution is -2.53. The minimum atomic E-state index is -3.73. The Labute approximate surface area is 257 Å². The number of hydrogen-bond donors (Lipinski definition) is 6. The first-order valence-corrected chi connectivity index (χ1v) is 16.7. The second kappa shape index (κ2) is 14.3. The Morgan fingerprint density at radius 1 is 1.23 bits per heavy atom. The number of nitrogens with one attached hydrogen (secondary N) is 3. The summed E-state index contributed by atoms with van der Waals surface area (Å²) in [7, 11) is 0. The van der Waals surface area contributed by atoms with Gasteiger partial charge in [-0.2, -0.15) is 4.98 Å². The number of aromatic nitrogens is 4. The zero-order valence-electron chi connectivity index (χ0n) is 25.2. The van der Waals surface area contributed by atoms with Crippen LogP contribution in [0.25, 0.3) is 11.2 Å². The maximum absolute atomic E-state index is 14.8. The summed E-state index contributed by atoms with van der Waals surface area (Å²) in [6.45, 7) is 5.33. The van der Waals surface area contributed by atoms with E-state index < -0.39 is 73.4 Å². The van der Waals surface area contributed by atoms with Crippen molar-refractivity contribution in [3.8, 4) is 0 Å². The Bertz CT molecular complexity index is 1440. The molecule has 7 N–H and O–H groups in total. The standard InChI is InChI=1S/C25H40F2N7O8PS/c1-11(2)7-8-15(35)13(5)32-43(44,33-14(6)22(39)41-12(3)4)40-9-25(23(26)27)18(37)17(36)21(42-25)34-10-29-16-19(34)30-24(28)31-20(16)38/h10-14,17-18,21,23,36-37H,7-9H2,1-6H3,(H2,32,33,44)(H3,28,30,31,38)/t13-,14-,17-,18-,21+,25+,43?/m0/s1. The van der Waals surface area contributed by atoms with Crippen LogP contribution < -0.4 is 21.5 Å². The van der Waals surface area contributed by atoms with E-state index in [1.807, 2.05) is 13.8 Å². The summed E-state index contributed by atoms with van der Waals surface area (Å²) >= 11 is 5.67. The van der Waals surface area contributed by atoms with Crippen LogP contribution in [-0.4, -0.2) is 90.5 Å². The number of carbonyl (C=O) groups excluding carboxylic acids is 2. The van der Waals surface area contributed by atoms with Gasteiger partial charge in [-0.15, -0.1) is 0 Å². The highest BCUT2D eigenvalue weighted by atomic mass is 32.4. The molecular weight excluding hydrogens is 627 g/mol. The minimum Gasteiger partial charge on any atom is -0.462 e. The van der Waals surface area contributed by atoms with Crippen molar-refractivity contribution in [3.63, 3.8) is 0 Å². The lowest BCUT2D eigenvalue weighted by molar-refractivity contribution is -0.190. The summed E-state index contributed by atoms with van der Waals surface area (Å²) in [4.78, 5) is 47.7. The predicted octanol–water partition coefficient (Wildman–Crippen LogP) is 1.11. The number of anilines is 1. The summed E-state index contributed by atoms with van der Waals surface area (Å²) in [5.41, 5.74) is 1.64. The van der Waals surface area contributed by atoms with E-state index in [1.54, 1.807) is 13.8 Å². The van der Waals surface area contributed by atoms with E-state index in [0.717, 1.165) is 10.9 Å². The largest absolute Gasteiger partial charge is 0.462 e. The van der Waals surface area contributed by atoms with E-state index in [9.17, 15) is 33.4 Å². The van der Waals surface area contributed by atoms with E-state index in [-0.39, 0.29) is 35.2 Å². The number of hydrogen-bond acceptors (Lipinski definition) is 12. The molecule has 3 heterocycles. The highest BCUT2D eigenvalue weighted by Gasteiger charge is 2.61. The molecule has 0 radical (unpaired) electrons. The zero-order chi connectivity index (χ0) is 33.1. The number of nitrogens with two attached hydrogens (primary N) is 1. The molecule has 0 saturated carbocycles.